The number of allylic oxidation sites excluding steroid dienone is 4. The molecule has 0 bridgehead atoms. The van der Waals surface area contributed by atoms with Gasteiger partial charge in [-0.1, -0.05) is 48.5 Å². The first-order chi connectivity index (χ1) is 15.1. The zero-order valence-electron chi connectivity index (χ0n) is 17.2. The van der Waals surface area contributed by atoms with Crippen molar-refractivity contribution in [3.63, 3.8) is 0 Å². The molecule has 2 aromatic carbocycles. The molecule has 5 nitrogen and oxygen atoms in total. The molecule has 0 saturated carbocycles. The highest BCUT2D eigenvalue weighted by Crippen LogP contribution is 2.57. The molecule has 0 aromatic heterocycles. The number of rotatable bonds is 3. The molecular formula is C26H22N4O. The normalized spacial score (nSPS) is 24.1. The molecule has 0 radical (unpaired) electrons. The van der Waals surface area contributed by atoms with Crippen molar-refractivity contribution in [1.29, 1.82) is 15.8 Å². The van der Waals surface area contributed by atoms with E-state index in [1.54, 1.807) is 7.11 Å². The van der Waals surface area contributed by atoms with E-state index in [9.17, 15) is 15.8 Å². The average molecular weight is 406 g/mol. The van der Waals surface area contributed by atoms with Gasteiger partial charge in [0, 0.05) is 5.92 Å². The predicted molar refractivity (Wildman–Crippen MR) is 116 cm³/mol. The van der Waals surface area contributed by atoms with Crippen molar-refractivity contribution >= 4 is 0 Å². The third-order valence-electron chi connectivity index (χ3n) is 6.62. The highest BCUT2D eigenvalue weighted by molar-refractivity contribution is 5.59. The molecule has 3 atom stereocenters. The molecular weight excluding hydrogens is 384 g/mol. The molecule has 31 heavy (non-hydrogen) atoms. The summed E-state index contributed by atoms with van der Waals surface area (Å²) in [6.07, 6.45) is 3.60. The summed E-state index contributed by atoms with van der Waals surface area (Å²) in [4.78, 5) is 0. The first-order valence-corrected chi connectivity index (χ1v) is 10.2. The van der Waals surface area contributed by atoms with Crippen LogP contribution < -0.4 is 10.5 Å². The second kappa shape index (κ2) is 8.02. The smallest absolute Gasteiger partial charge is 0.191 e. The highest BCUT2D eigenvalue weighted by atomic mass is 16.5. The van der Waals surface area contributed by atoms with E-state index in [-0.39, 0.29) is 23.1 Å². The molecule has 0 heterocycles. The van der Waals surface area contributed by atoms with Gasteiger partial charge in [-0.15, -0.1) is 0 Å². The number of nitrogens with two attached hydrogens (primary N) is 1. The summed E-state index contributed by atoms with van der Waals surface area (Å²) in [5, 5.41) is 30.2. The molecule has 0 amide bonds. The number of hydrogen-bond donors (Lipinski definition) is 1. The summed E-state index contributed by atoms with van der Waals surface area (Å²) in [7, 11) is 1.59. The van der Waals surface area contributed by atoms with Crippen LogP contribution in [0.1, 0.15) is 35.8 Å². The van der Waals surface area contributed by atoms with Crippen LogP contribution in [-0.2, 0) is 0 Å². The summed E-state index contributed by atoms with van der Waals surface area (Å²) >= 11 is 0. The van der Waals surface area contributed by atoms with Crippen molar-refractivity contribution in [2.45, 2.75) is 24.7 Å². The third-order valence-corrected chi connectivity index (χ3v) is 6.62. The number of benzene rings is 2. The molecule has 0 unspecified atom stereocenters. The van der Waals surface area contributed by atoms with Crippen molar-refractivity contribution in [2.75, 3.05) is 7.11 Å². The van der Waals surface area contributed by atoms with E-state index >= 15 is 0 Å². The number of hydrogen-bond acceptors (Lipinski definition) is 5. The maximum atomic E-state index is 10.2. The first-order valence-electron chi connectivity index (χ1n) is 10.2. The minimum absolute atomic E-state index is 0.0569. The first kappa shape index (κ1) is 20.3. The fraction of sp³-hybridized carbons (Fsp3) is 0.269. The van der Waals surface area contributed by atoms with Crippen LogP contribution in [0.4, 0.5) is 0 Å². The van der Waals surface area contributed by atoms with Crippen molar-refractivity contribution in [1.82, 2.24) is 0 Å². The van der Waals surface area contributed by atoms with Gasteiger partial charge in [0.2, 0.25) is 0 Å². The van der Waals surface area contributed by atoms with E-state index in [4.69, 9.17) is 10.5 Å². The van der Waals surface area contributed by atoms with Gasteiger partial charge in [-0.25, -0.2) is 0 Å². The van der Waals surface area contributed by atoms with Gasteiger partial charge < -0.3 is 10.5 Å². The maximum Gasteiger partial charge on any atom is 0.191 e. The fourth-order valence-electron chi connectivity index (χ4n) is 5.08. The van der Waals surface area contributed by atoms with Crippen LogP contribution in [0.15, 0.2) is 77.5 Å². The van der Waals surface area contributed by atoms with Crippen LogP contribution in [0.3, 0.4) is 0 Å². The van der Waals surface area contributed by atoms with Crippen LogP contribution in [0.25, 0.3) is 0 Å². The number of methoxy groups -OCH3 is 1. The summed E-state index contributed by atoms with van der Waals surface area (Å²) in [6.45, 7) is 0. The number of ether oxygens (including phenoxy) is 1. The Morgan fingerprint density at radius 3 is 2.23 bits per heavy atom. The standard InChI is InChI=1S/C26H22N4O/c1-31-20-10-7-18(8-11-20)24-22-13-19(17-5-3-2-4-6-17)9-12-21(22)23(14-27)25(30)26(24,15-28)16-29/h2-8,10-12,19,22,24H,9,13,30H2,1H3/t19-,22+,24+/m1/s1. The average Bonchev–Trinajstić information content (AvgIpc) is 2.84. The van der Waals surface area contributed by atoms with E-state index in [2.05, 4.69) is 36.4 Å². The van der Waals surface area contributed by atoms with Gasteiger partial charge in [0.1, 0.15) is 11.8 Å². The molecule has 5 heteroatoms. The number of nitriles is 3. The molecule has 0 spiro atoms. The minimum atomic E-state index is -1.61. The lowest BCUT2D eigenvalue weighted by Crippen LogP contribution is -2.43. The Balaban J connectivity index is 1.91. The topological polar surface area (TPSA) is 107 Å². The van der Waals surface area contributed by atoms with Crippen molar-refractivity contribution < 1.29 is 4.74 Å². The fourth-order valence-corrected chi connectivity index (χ4v) is 5.08. The van der Waals surface area contributed by atoms with Crippen LogP contribution in [0.2, 0.25) is 0 Å². The van der Waals surface area contributed by atoms with Gasteiger partial charge in [0.25, 0.3) is 0 Å². The zero-order valence-corrected chi connectivity index (χ0v) is 17.2. The van der Waals surface area contributed by atoms with E-state index in [1.807, 2.05) is 42.5 Å². The molecule has 4 rings (SSSR count). The number of fused-ring (bicyclic) bond motifs is 1. The van der Waals surface area contributed by atoms with Gasteiger partial charge in [-0.3, -0.25) is 0 Å². The van der Waals surface area contributed by atoms with E-state index in [0.29, 0.717) is 5.75 Å². The monoisotopic (exact) mass is 406 g/mol. The SMILES string of the molecule is COc1ccc([C@H]2[C@H]3C[C@H](c4ccccc4)CC=C3C(C#N)=C(N)C2(C#N)C#N)cc1. The molecule has 2 N–H and O–H groups in total. The second-order valence-corrected chi connectivity index (χ2v) is 8.03. The summed E-state index contributed by atoms with van der Waals surface area (Å²) in [5.41, 5.74) is 8.01. The van der Waals surface area contributed by atoms with Crippen molar-refractivity contribution in [3.05, 3.63) is 88.6 Å². The molecule has 2 aromatic rings. The largest absolute Gasteiger partial charge is 0.497 e. The molecule has 2 aliphatic carbocycles. The van der Waals surface area contributed by atoms with Gasteiger partial charge >= 0.3 is 0 Å². The Morgan fingerprint density at radius 1 is 0.968 bits per heavy atom. The third kappa shape index (κ3) is 3.14. The Morgan fingerprint density at radius 2 is 1.65 bits per heavy atom. The highest BCUT2D eigenvalue weighted by Gasteiger charge is 2.54. The molecule has 0 saturated heterocycles. The maximum absolute atomic E-state index is 10.2. The van der Waals surface area contributed by atoms with Gasteiger partial charge in [0.05, 0.1) is 30.5 Å². The van der Waals surface area contributed by atoms with Gasteiger partial charge in [-0.2, -0.15) is 15.8 Å². The van der Waals surface area contributed by atoms with Crippen LogP contribution in [0.5, 0.6) is 5.75 Å². The summed E-state index contributed by atoms with van der Waals surface area (Å²) in [5.74, 6) is 0.281. The minimum Gasteiger partial charge on any atom is -0.497 e. The zero-order chi connectivity index (χ0) is 22.0. The quantitative estimate of drug-likeness (QED) is 0.796. The number of nitrogens with zero attached hydrogens (tertiary/aromatic N) is 3. The molecule has 0 fully saturated rings. The van der Waals surface area contributed by atoms with Crippen LogP contribution in [0, 0.1) is 45.3 Å². The second-order valence-electron chi connectivity index (χ2n) is 8.03. The lowest BCUT2D eigenvalue weighted by atomic mass is 9.55. The van der Waals surface area contributed by atoms with E-state index in [0.717, 1.165) is 24.0 Å². The Kier molecular flexibility index (Phi) is 5.24. The van der Waals surface area contributed by atoms with E-state index in [1.165, 1.54) is 5.56 Å². The van der Waals surface area contributed by atoms with Gasteiger partial charge in [0.15, 0.2) is 5.41 Å². The molecule has 152 valence electrons. The van der Waals surface area contributed by atoms with Gasteiger partial charge in [-0.05, 0) is 53.5 Å². The lowest BCUT2D eigenvalue weighted by Gasteiger charge is -2.45. The van der Waals surface area contributed by atoms with E-state index < -0.39 is 11.3 Å². The molecule has 2 aliphatic rings. The molecule has 0 aliphatic heterocycles. The Hall–Kier alpha value is -4.01. The van der Waals surface area contributed by atoms with Crippen molar-refractivity contribution in [2.24, 2.45) is 17.1 Å². The summed E-state index contributed by atoms with van der Waals surface area (Å²) < 4.78 is 5.28. The van der Waals surface area contributed by atoms with Crippen LogP contribution in [-0.4, -0.2) is 7.11 Å². The summed E-state index contributed by atoms with van der Waals surface area (Å²) in [6, 6.07) is 24.2. The lowest BCUT2D eigenvalue weighted by molar-refractivity contribution is 0.302. The van der Waals surface area contributed by atoms with Crippen molar-refractivity contribution in [3.8, 4) is 24.0 Å². The predicted octanol–water partition coefficient (Wildman–Crippen LogP) is 4.68. The van der Waals surface area contributed by atoms with Crippen LogP contribution >= 0.6 is 0 Å². The Bertz CT molecular complexity index is 1160. The Labute approximate surface area is 182 Å².